The highest BCUT2D eigenvalue weighted by Crippen LogP contribution is 2.39. The van der Waals surface area contributed by atoms with Gasteiger partial charge in [0.05, 0.1) is 5.60 Å². The average molecular weight is 336 g/mol. The Labute approximate surface area is 145 Å². The van der Waals surface area contributed by atoms with Crippen molar-refractivity contribution in [3.05, 3.63) is 0 Å². The molecule has 0 aromatic rings. The molecule has 3 fully saturated rings. The number of likely N-dealkylation sites (tertiary alicyclic amines) is 2. The molecule has 2 saturated heterocycles. The molecule has 136 valence electrons. The van der Waals surface area contributed by atoms with E-state index in [1.165, 1.54) is 12.8 Å². The molecule has 3 aliphatic rings. The Morgan fingerprint density at radius 3 is 1.83 bits per heavy atom. The monoisotopic (exact) mass is 336 g/mol. The van der Waals surface area contributed by atoms with Crippen molar-refractivity contribution < 1.29 is 14.7 Å². The SMILES string of the molecule is CC1(C)CN(C(=O)C2CCN(C(=O)C3CCCC3)CC2)C[C@@]1(C)O. The van der Waals surface area contributed by atoms with Crippen molar-refractivity contribution >= 4 is 11.8 Å². The summed E-state index contributed by atoms with van der Waals surface area (Å²) < 4.78 is 0. The van der Waals surface area contributed by atoms with Gasteiger partial charge >= 0.3 is 0 Å². The van der Waals surface area contributed by atoms with Crippen molar-refractivity contribution in [3.63, 3.8) is 0 Å². The zero-order valence-electron chi connectivity index (χ0n) is 15.4. The molecule has 0 aromatic heterocycles. The van der Waals surface area contributed by atoms with Crippen LogP contribution in [0.2, 0.25) is 0 Å². The number of hydrogen-bond acceptors (Lipinski definition) is 3. The average Bonchev–Trinajstić information content (AvgIpc) is 3.13. The topological polar surface area (TPSA) is 60.9 Å². The standard InChI is InChI=1S/C19H32N2O3/c1-18(2)12-21(13-19(18,3)24)17(23)15-8-10-20(11-9-15)16(22)14-6-4-5-7-14/h14-15,24H,4-13H2,1-3H3/t19-/m1/s1. The maximum atomic E-state index is 12.8. The highest BCUT2D eigenvalue weighted by atomic mass is 16.3. The fourth-order valence-electron chi connectivity index (χ4n) is 4.48. The first-order valence-corrected chi connectivity index (χ1v) is 9.51. The van der Waals surface area contributed by atoms with Crippen LogP contribution in [0, 0.1) is 17.3 Å². The van der Waals surface area contributed by atoms with Gasteiger partial charge in [-0.15, -0.1) is 0 Å². The van der Waals surface area contributed by atoms with Crippen LogP contribution < -0.4 is 0 Å². The quantitative estimate of drug-likeness (QED) is 0.839. The van der Waals surface area contributed by atoms with Crippen molar-refractivity contribution in [2.24, 2.45) is 17.3 Å². The Morgan fingerprint density at radius 1 is 0.833 bits per heavy atom. The Kier molecular flexibility index (Phi) is 4.67. The lowest BCUT2D eigenvalue weighted by Gasteiger charge is -2.34. The van der Waals surface area contributed by atoms with Crippen LogP contribution in [0.15, 0.2) is 0 Å². The Bertz CT molecular complexity index is 485. The summed E-state index contributed by atoms with van der Waals surface area (Å²) in [6.45, 7) is 8.30. The summed E-state index contributed by atoms with van der Waals surface area (Å²) in [5.41, 5.74) is -1.11. The number of carbonyl (C=O) groups is 2. The Morgan fingerprint density at radius 2 is 1.33 bits per heavy atom. The molecule has 2 amide bonds. The molecule has 0 spiro atoms. The molecule has 5 nitrogen and oxygen atoms in total. The molecule has 1 saturated carbocycles. The van der Waals surface area contributed by atoms with E-state index in [4.69, 9.17) is 0 Å². The third-order valence-electron chi connectivity index (χ3n) is 6.71. The molecule has 0 bridgehead atoms. The summed E-state index contributed by atoms with van der Waals surface area (Å²) in [6.07, 6.45) is 5.95. The molecule has 0 unspecified atom stereocenters. The van der Waals surface area contributed by atoms with Crippen molar-refractivity contribution in [2.75, 3.05) is 26.2 Å². The van der Waals surface area contributed by atoms with Crippen molar-refractivity contribution in [1.29, 1.82) is 0 Å². The lowest BCUT2D eigenvalue weighted by Crippen LogP contribution is -2.46. The first kappa shape index (κ1) is 17.7. The van der Waals surface area contributed by atoms with E-state index in [9.17, 15) is 14.7 Å². The number of nitrogens with zero attached hydrogens (tertiary/aromatic N) is 2. The molecular formula is C19H32N2O3. The van der Waals surface area contributed by atoms with Crippen LogP contribution in [0.4, 0.5) is 0 Å². The Hall–Kier alpha value is -1.10. The normalized spacial score (nSPS) is 31.7. The summed E-state index contributed by atoms with van der Waals surface area (Å²) in [4.78, 5) is 29.1. The molecule has 0 radical (unpaired) electrons. The van der Waals surface area contributed by atoms with Crippen LogP contribution in [-0.2, 0) is 9.59 Å². The lowest BCUT2D eigenvalue weighted by atomic mass is 9.79. The minimum absolute atomic E-state index is 0.00216. The molecule has 0 aromatic carbocycles. The van der Waals surface area contributed by atoms with Crippen LogP contribution in [0.3, 0.4) is 0 Å². The van der Waals surface area contributed by atoms with Gasteiger partial charge in [-0.1, -0.05) is 26.7 Å². The second kappa shape index (κ2) is 6.32. The third-order valence-corrected chi connectivity index (χ3v) is 6.71. The second-order valence-electron chi connectivity index (χ2n) is 8.93. The number of rotatable bonds is 2. The first-order chi connectivity index (χ1) is 11.2. The highest BCUT2D eigenvalue weighted by molar-refractivity contribution is 5.81. The molecule has 1 atom stereocenters. The number of β-amino-alcohol motifs (C(OH)–C–C–N with tert-alkyl or cyclic N) is 1. The number of piperidine rings is 1. The van der Waals surface area contributed by atoms with Gasteiger partial charge in [0.15, 0.2) is 0 Å². The highest BCUT2D eigenvalue weighted by Gasteiger charge is 2.50. The first-order valence-electron chi connectivity index (χ1n) is 9.51. The van der Waals surface area contributed by atoms with Gasteiger partial charge in [0, 0.05) is 43.4 Å². The molecule has 24 heavy (non-hydrogen) atoms. The van der Waals surface area contributed by atoms with E-state index >= 15 is 0 Å². The fraction of sp³-hybridized carbons (Fsp3) is 0.895. The van der Waals surface area contributed by atoms with Gasteiger partial charge in [-0.3, -0.25) is 9.59 Å². The van der Waals surface area contributed by atoms with E-state index < -0.39 is 5.60 Å². The van der Waals surface area contributed by atoms with E-state index in [1.54, 1.807) is 0 Å². The number of aliphatic hydroxyl groups is 1. The molecule has 1 aliphatic carbocycles. The third kappa shape index (κ3) is 3.19. The van der Waals surface area contributed by atoms with E-state index in [1.807, 2.05) is 30.6 Å². The van der Waals surface area contributed by atoms with Gasteiger partial charge in [-0.05, 0) is 32.6 Å². The zero-order valence-corrected chi connectivity index (χ0v) is 15.4. The smallest absolute Gasteiger partial charge is 0.225 e. The summed E-state index contributed by atoms with van der Waals surface area (Å²) >= 11 is 0. The fourth-order valence-corrected chi connectivity index (χ4v) is 4.48. The van der Waals surface area contributed by atoms with Gasteiger partial charge < -0.3 is 14.9 Å². The van der Waals surface area contributed by atoms with Crippen LogP contribution in [0.5, 0.6) is 0 Å². The summed E-state index contributed by atoms with van der Waals surface area (Å²) in [5, 5.41) is 10.5. The van der Waals surface area contributed by atoms with Crippen molar-refractivity contribution in [1.82, 2.24) is 9.80 Å². The molecule has 1 N–H and O–H groups in total. The van der Waals surface area contributed by atoms with E-state index in [0.29, 0.717) is 32.1 Å². The minimum atomic E-state index is -0.832. The maximum absolute atomic E-state index is 12.8. The van der Waals surface area contributed by atoms with Crippen molar-refractivity contribution in [2.45, 2.75) is 64.9 Å². The lowest BCUT2D eigenvalue weighted by molar-refractivity contribution is -0.142. The largest absolute Gasteiger partial charge is 0.388 e. The molecule has 2 aliphatic heterocycles. The zero-order chi connectivity index (χ0) is 17.5. The number of amides is 2. The number of carbonyl (C=O) groups excluding carboxylic acids is 2. The van der Waals surface area contributed by atoms with Gasteiger partial charge in [-0.25, -0.2) is 0 Å². The molecular weight excluding hydrogens is 304 g/mol. The predicted octanol–water partition coefficient (Wildman–Crippen LogP) is 2.03. The summed E-state index contributed by atoms with van der Waals surface area (Å²) in [7, 11) is 0. The van der Waals surface area contributed by atoms with Crippen LogP contribution in [0.1, 0.15) is 59.3 Å². The van der Waals surface area contributed by atoms with Crippen LogP contribution >= 0.6 is 0 Å². The van der Waals surface area contributed by atoms with E-state index in [2.05, 4.69) is 0 Å². The van der Waals surface area contributed by atoms with Crippen LogP contribution in [0.25, 0.3) is 0 Å². The molecule has 5 heteroatoms. The van der Waals surface area contributed by atoms with Crippen LogP contribution in [-0.4, -0.2) is 58.5 Å². The van der Waals surface area contributed by atoms with Gasteiger partial charge in [0.1, 0.15) is 0 Å². The van der Waals surface area contributed by atoms with Crippen molar-refractivity contribution in [3.8, 4) is 0 Å². The van der Waals surface area contributed by atoms with Gasteiger partial charge in [0.25, 0.3) is 0 Å². The minimum Gasteiger partial charge on any atom is -0.388 e. The second-order valence-corrected chi connectivity index (χ2v) is 8.93. The van der Waals surface area contributed by atoms with E-state index in [0.717, 1.165) is 25.7 Å². The van der Waals surface area contributed by atoms with E-state index in [-0.39, 0.29) is 23.2 Å². The predicted molar refractivity (Wildman–Crippen MR) is 92.2 cm³/mol. The molecule has 3 rings (SSSR count). The number of hydrogen-bond donors (Lipinski definition) is 1. The molecule has 2 heterocycles. The summed E-state index contributed by atoms with van der Waals surface area (Å²) in [5.74, 6) is 0.700. The maximum Gasteiger partial charge on any atom is 0.225 e. The van der Waals surface area contributed by atoms with Gasteiger partial charge in [0.2, 0.25) is 11.8 Å². The summed E-state index contributed by atoms with van der Waals surface area (Å²) in [6, 6.07) is 0. The van der Waals surface area contributed by atoms with Gasteiger partial charge in [-0.2, -0.15) is 0 Å². The Balaban J connectivity index is 1.53.